The molecule has 1 amide bonds. The molecule has 3 rings (SSSR count). The third-order valence-electron chi connectivity index (χ3n) is 3.08. The largest absolute Gasteiger partial charge is 0.497 e. The number of hydrogen-bond donors (Lipinski definition) is 1. The number of carbonyl (C=O) groups excluding carboxylic acids is 1. The van der Waals surface area contributed by atoms with E-state index in [-0.39, 0.29) is 5.91 Å². The maximum absolute atomic E-state index is 12.2. The molecule has 1 heterocycles. The van der Waals surface area contributed by atoms with Gasteiger partial charge in [-0.2, -0.15) is 0 Å². The Morgan fingerprint density at radius 3 is 2.90 bits per heavy atom. The molecule has 0 saturated carbocycles. The van der Waals surface area contributed by atoms with Crippen molar-refractivity contribution >= 4 is 22.7 Å². The van der Waals surface area contributed by atoms with Crippen molar-refractivity contribution < 1.29 is 13.9 Å². The lowest BCUT2D eigenvalue weighted by atomic mass is 10.2. The van der Waals surface area contributed by atoms with E-state index < -0.39 is 0 Å². The van der Waals surface area contributed by atoms with Crippen LogP contribution in [-0.4, -0.2) is 18.0 Å². The number of nitrogens with zero attached hydrogens (tertiary/aromatic N) is 1. The summed E-state index contributed by atoms with van der Waals surface area (Å²) in [5, 5.41) is 2.83. The van der Waals surface area contributed by atoms with Crippen molar-refractivity contribution in [2.24, 2.45) is 0 Å². The quantitative estimate of drug-likeness (QED) is 0.799. The zero-order chi connectivity index (χ0) is 14.8. The van der Waals surface area contributed by atoms with Gasteiger partial charge in [-0.15, -0.1) is 0 Å². The summed E-state index contributed by atoms with van der Waals surface area (Å²) < 4.78 is 10.5. The molecule has 0 spiro atoms. The number of carbonyl (C=O) groups is 1. The lowest BCUT2D eigenvalue weighted by molar-refractivity contribution is 0.102. The lowest BCUT2D eigenvalue weighted by Gasteiger charge is -2.06. The van der Waals surface area contributed by atoms with Crippen molar-refractivity contribution in [2.45, 2.75) is 6.92 Å². The van der Waals surface area contributed by atoms with Crippen molar-refractivity contribution in [1.82, 2.24) is 4.98 Å². The van der Waals surface area contributed by atoms with Crippen LogP contribution in [0.15, 0.2) is 46.9 Å². The molecule has 2 aromatic carbocycles. The summed E-state index contributed by atoms with van der Waals surface area (Å²) >= 11 is 0. The van der Waals surface area contributed by atoms with Crippen molar-refractivity contribution in [3.05, 3.63) is 53.9 Å². The van der Waals surface area contributed by atoms with Gasteiger partial charge in [-0.25, -0.2) is 4.98 Å². The standard InChI is InChI=1S/C16H14N2O3/c1-10-17-14-9-12(6-7-15(14)21-10)18-16(19)11-4-3-5-13(8-11)20-2/h3-9H,1-2H3,(H,18,19). The number of oxazole rings is 1. The van der Waals surface area contributed by atoms with E-state index in [9.17, 15) is 4.79 Å². The van der Waals surface area contributed by atoms with Gasteiger partial charge in [0.2, 0.25) is 0 Å². The number of amides is 1. The van der Waals surface area contributed by atoms with Crippen LogP contribution in [0, 0.1) is 6.92 Å². The molecule has 0 saturated heterocycles. The molecule has 0 aliphatic rings. The van der Waals surface area contributed by atoms with Crippen LogP contribution >= 0.6 is 0 Å². The summed E-state index contributed by atoms with van der Waals surface area (Å²) in [5.41, 5.74) is 2.62. The van der Waals surface area contributed by atoms with Gasteiger partial charge >= 0.3 is 0 Å². The minimum absolute atomic E-state index is 0.200. The number of benzene rings is 2. The SMILES string of the molecule is COc1cccc(C(=O)Nc2ccc3oc(C)nc3c2)c1. The van der Waals surface area contributed by atoms with E-state index in [1.807, 2.05) is 0 Å². The van der Waals surface area contributed by atoms with Crippen LogP contribution in [0.2, 0.25) is 0 Å². The van der Waals surface area contributed by atoms with Gasteiger partial charge in [-0.3, -0.25) is 4.79 Å². The normalized spacial score (nSPS) is 10.6. The van der Waals surface area contributed by atoms with Gasteiger partial charge in [0.15, 0.2) is 11.5 Å². The van der Waals surface area contributed by atoms with Crippen LogP contribution in [0.5, 0.6) is 5.75 Å². The molecule has 0 atom stereocenters. The number of ether oxygens (including phenoxy) is 1. The fourth-order valence-corrected chi connectivity index (χ4v) is 2.09. The fourth-order valence-electron chi connectivity index (χ4n) is 2.09. The molecule has 0 aliphatic carbocycles. The van der Waals surface area contributed by atoms with Gasteiger partial charge < -0.3 is 14.5 Å². The van der Waals surface area contributed by atoms with Crippen molar-refractivity contribution in [3.63, 3.8) is 0 Å². The summed E-state index contributed by atoms with van der Waals surface area (Å²) in [6, 6.07) is 12.3. The molecule has 106 valence electrons. The number of aromatic nitrogens is 1. The third-order valence-corrected chi connectivity index (χ3v) is 3.08. The second-order valence-corrected chi connectivity index (χ2v) is 4.60. The number of rotatable bonds is 3. The third kappa shape index (κ3) is 2.72. The average Bonchev–Trinajstić information content (AvgIpc) is 2.86. The first-order chi connectivity index (χ1) is 10.2. The highest BCUT2D eigenvalue weighted by atomic mass is 16.5. The van der Waals surface area contributed by atoms with Crippen LogP contribution < -0.4 is 10.1 Å². The van der Waals surface area contributed by atoms with E-state index >= 15 is 0 Å². The highest BCUT2D eigenvalue weighted by Crippen LogP contribution is 2.20. The Morgan fingerprint density at radius 1 is 1.24 bits per heavy atom. The van der Waals surface area contributed by atoms with Crippen LogP contribution in [0.3, 0.4) is 0 Å². The summed E-state index contributed by atoms with van der Waals surface area (Å²) in [6.07, 6.45) is 0. The minimum Gasteiger partial charge on any atom is -0.497 e. The van der Waals surface area contributed by atoms with Gasteiger partial charge in [0, 0.05) is 18.2 Å². The average molecular weight is 282 g/mol. The molecule has 5 heteroatoms. The van der Waals surface area contributed by atoms with E-state index in [0.717, 1.165) is 5.52 Å². The summed E-state index contributed by atoms with van der Waals surface area (Å²) in [5.74, 6) is 1.04. The highest BCUT2D eigenvalue weighted by Gasteiger charge is 2.09. The monoisotopic (exact) mass is 282 g/mol. The number of aryl methyl sites for hydroxylation is 1. The second kappa shape index (κ2) is 5.28. The van der Waals surface area contributed by atoms with Gasteiger partial charge in [-0.1, -0.05) is 6.07 Å². The van der Waals surface area contributed by atoms with Crippen molar-refractivity contribution in [2.75, 3.05) is 12.4 Å². The summed E-state index contributed by atoms with van der Waals surface area (Å²) in [7, 11) is 1.57. The maximum Gasteiger partial charge on any atom is 0.255 e. The molecule has 1 aromatic heterocycles. The van der Waals surface area contributed by atoms with E-state index in [0.29, 0.717) is 28.5 Å². The molecule has 1 N–H and O–H groups in total. The Kier molecular flexibility index (Phi) is 3.31. The van der Waals surface area contributed by atoms with E-state index in [4.69, 9.17) is 9.15 Å². The zero-order valence-electron chi connectivity index (χ0n) is 11.7. The first-order valence-electron chi connectivity index (χ1n) is 6.48. The lowest BCUT2D eigenvalue weighted by Crippen LogP contribution is -2.11. The molecule has 0 unspecified atom stereocenters. The Bertz CT molecular complexity index is 808. The van der Waals surface area contributed by atoms with Crippen molar-refractivity contribution in [3.8, 4) is 5.75 Å². The molecule has 0 fully saturated rings. The predicted molar refractivity (Wildman–Crippen MR) is 79.7 cm³/mol. The van der Waals surface area contributed by atoms with Gasteiger partial charge in [0.1, 0.15) is 11.3 Å². The number of nitrogens with one attached hydrogen (secondary N) is 1. The molecule has 5 nitrogen and oxygen atoms in total. The molecule has 0 bridgehead atoms. The Morgan fingerprint density at radius 2 is 2.10 bits per heavy atom. The van der Waals surface area contributed by atoms with E-state index in [1.165, 1.54) is 0 Å². The molecular weight excluding hydrogens is 268 g/mol. The maximum atomic E-state index is 12.2. The first kappa shape index (κ1) is 13.2. The number of fused-ring (bicyclic) bond motifs is 1. The van der Waals surface area contributed by atoms with Crippen LogP contribution in [-0.2, 0) is 0 Å². The Labute approximate surface area is 121 Å². The molecule has 3 aromatic rings. The highest BCUT2D eigenvalue weighted by molar-refractivity contribution is 6.05. The Hall–Kier alpha value is -2.82. The van der Waals surface area contributed by atoms with Gasteiger partial charge in [0.25, 0.3) is 5.91 Å². The number of anilines is 1. The fraction of sp³-hybridized carbons (Fsp3) is 0.125. The Balaban J connectivity index is 1.84. The number of methoxy groups -OCH3 is 1. The molecule has 0 aliphatic heterocycles. The summed E-state index contributed by atoms with van der Waals surface area (Å²) in [6.45, 7) is 1.79. The predicted octanol–water partition coefficient (Wildman–Crippen LogP) is 3.40. The smallest absolute Gasteiger partial charge is 0.255 e. The van der Waals surface area contributed by atoms with Crippen LogP contribution in [0.1, 0.15) is 16.2 Å². The van der Waals surface area contributed by atoms with Crippen LogP contribution in [0.4, 0.5) is 5.69 Å². The van der Waals surface area contributed by atoms with E-state index in [2.05, 4.69) is 10.3 Å². The molecular formula is C16H14N2O3. The van der Waals surface area contributed by atoms with Crippen molar-refractivity contribution in [1.29, 1.82) is 0 Å². The van der Waals surface area contributed by atoms with Crippen LogP contribution in [0.25, 0.3) is 11.1 Å². The van der Waals surface area contributed by atoms with E-state index in [1.54, 1.807) is 56.5 Å². The van der Waals surface area contributed by atoms with Gasteiger partial charge in [-0.05, 0) is 36.4 Å². The topological polar surface area (TPSA) is 64.4 Å². The first-order valence-corrected chi connectivity index (χ1v) is 6.48. The number of hydrogen-bond acceptors (Lipinski definition) is 4. The molecule has 21 heavy (non-hydrogen) atoms. The zero-order valence-corrected chi connectivity index (χ0v) is 11.7. The summed E-state index contributed by atoms with van der Waals surface area (Å²) in [4.78, 5) is 16.5. The van der Waals surface area contributed by atoms with Gasteiger partial charge in [0.05, 0.1) is 7.11 Å². The minimum atomic E-state index is -0.200. The second-order valence-electron chi connectivity index (χ2n) is 4.60. The molecule has 0 radical (unpaired) electrons.